The Bertz CT molecular complexity index is 1190. The summed E-state index contributed by atoms with van der Waals surface area (Å²) in [4.78, 5) is 39.3. The minimum Gasteiger partial charge on any atom is -0.490 e. The van der Waals surface area contributed by atoms with E-state index in [9.17, 15) is 14.4 Å². The van der Waals surface area contributed by atoms with E-state index in [0.717, 1.165) is 4.90 Å². The third-order valence-electron chi connectivity index (χ3n) is 4.91. The molecular formula is C27H27NO6S. The van der Waals surface area contributed by atoms with E-state index in [0.29, 0.717) is 36.0 Å². The Morgan fingerprint density at radius 1 is 0.829 bits per heavy atom. The molecule has 3 aromatic rings. The Morgan fingerprint density at radius 2 is 1.49 bits per heavy atom. The van der Waals surface area contributed by atoms with E-state index in [1.807, 2.05) is 32.2 Å². The number of hydrogen-bond donors (Lipinski definition) is 1. The lowest BCUT2D eigenvalue weighted by atomic mass is 9.98. The van der Waals surface area contributed by atoms with E-state index in [-0.39, 0.29) is 16.9 Å². The number of anilines is 1. The Morgan fingerprint density at radius 3 is 2.14 bits per heavy atom. The second kappa shape index (κ2) is 12.6. The molecule has 0 aliphatic heterocycles. The monoisotopic (exact) mass is 493 g/mol. The first kappa shape index (κ1) is 25.8. The fraction of sp³-hybridized carbons (Fsp3) is 0.222. The second-order valence-corrected chi connectivity index (χ2v) is 8.13. The summed E-state index contributed by atoms with van der Waals surface area (Å²) in [5.74, 6) is -0.639. The molecule has 0 fully saturated rings. The topological polar surface area (TPSA) is 90.9 Å². The number of carbonyl (C=O) groups excluding carboxylic acids is 3. The first-order valence-electron chi connectivity index (χ1n) is 11.1. The largest absolute Gasteiger partial charge is 0.490 e. The number of hydrogen-bond acceptors (Lipinski definition) is 7. The molecule has 8 heteroatoms. The molecule has 0 heterocycles. The molecule has 1 N–H and O–H groups in total. The number of ketones is 1. The average molecular weight is 494 g/mol. The Labute approximate surface area is 208 Å². The van der Waals surface area contributed by atoms with Crippen LogP contribution in [0.4, 0.5) is 5.69 Å². The highest BCUT2D eigenvalue weighted by Crippen LogP contribution is 2.30. The van der Waals surface area contributed by atoms with Gasteiger partial charge in [-0.2, -0.15) is 0 Å². The van der Waals surface area contributed by atoms with Gasteiger partial charge < -0.3 is 19.5 Å². The summed E-state index contributed by atoms with van der Waals surface area (Å²) in [6.45, 7) is 4.08. The maximum absolute atomic E-state index is 13.2. The highest BCUT2D eigenvalue weighted by Gasteiger charge is 2.21. The van der Waals surface area contributed by atoms with Crippen LogP contribution in [0.1, 0.15) is 40.1 Å². The molecule has 0 aliphatic carbocycles. The van der Waals surface area contributed by atoms with Gasteiger partial charge in [0.2, 0.25) is 0 Å². The van der Waals surface area contributed by atoms with Crippen molar-refractivity contribution in [2.24, 2.45) is 0 Å². The molecule has 3 rings (SSSR count). The lowest BCUT2D eigenvalue weighted by Crippen LogP contribution is -2.22. The molecule has 0 spiro atoms. The summed E-state index contributed by atoms with van der Waals surface area (Å²) in [6, 6.07) is 18.5. The van der Waals surface area contributed by atoms with Gasteiger partial charge >= 0.3 is 5.97 Å². The molecule has 0 aliphatic rings. The molecule has 0 saturated heterocycles. The predicted molar refractivity (Wildman–Crippen MR) is 136 cm³/mol. The summed E-state index contributed by atoms with van der Waals surface area (Å²) in [7, 11) is 0. The van der Waals surface area contributed by atoms with Crippen molar-refractivity contribution in [3.8, 4) is 11.5 Å². The summed E-state index contributed by atoms with van der Waals surface area (Å²) < 4.78 is 16.4. The summed E-state index contributed by atoms with van der Waals surface area (Å²) in [5.41, 5.74) is 1.17. The van der Waals surface area contributed by atoms with Gasteiger partial charge in [0.25, 0.3) is 5.91 Å². The zero-order valence-electron chi connectivity index (χ0n) is 19.8. The highest BCUT2D eigenvalue weighted by atomic mass is 32.2. The third kappa shape index (κ3) is 6.86. The third-order valence-corrected chi connectivity index (χ3v) is 5.65. The van der Waals surface area contributed by atoms with Crippen molar-refractivity contribution in [2.45, 2.75) is 18.7 Å². The number of nitrogens with one attached hydrogen (secondary N) is 1. The number of carbonyl (C=O) groups is 3. The van der Waals surface area contributed by atoms with E-state index < -0.39 is 18.5 Å². The van der Waals surface area contributed by atoms with E-state index in [1.54, 1.807) is 60.3 Å². The van der Waals surface area contributed by atoms with Crippen molar-refractivity contribution in [1.29, 1.82) is 0 Å². The van der Waals surface area contributed by atoms with Gasteiger partial charge in [-0.05, 0) is 68.6 Å². The maximum atomic E-state index is 13.2. The Kier molecular flexibility index (Phi) is 9.31. The lowest BCUT2D eigenvalue weighted by molar-refractivity contribution is -0.119. The van der Waals surface area contributed by atoms with Crippen molar-refractivity contribution < 1.29 is 28.6 Å². The van der Waals surface area contributed by atoms with Crippen LogP contribution < -0.4 is 14.8 Å². The molecule has 0 saturated carbocycles. The quantitative estimate of drug-likeness (QED) is 0.222. The van der Waals surface area contributed by atoms with E-state index in [1.165, 1.54) is 6.07 Å². The van der Waals surface area contributed by atoms with Gasteiger partial charge in [0.1, 0.15) is 0 Å². The summed E-state index contributed by atoms with van der Waals surface area (Å²) in [5, 5.41) is 2.68. The molecule has 35 heavy (non-hydrogen) atoms. The van der Waals surface area contributed by atoms with Crippen molar-refractivity contribution in [1.82, 2.24) is 0 Å². The fourth-order valence-corrected chi connectivity index (χ4v) is 3.70. The minimum atomic E-state index is -0.766. The molecule has 0 radical (unpaired) electrons. The van der Waals surface area contributed by atoms with E-state index in [2.05, 4.69) is 5.32 Å². The molecule has 1 amide bonds. The van der Waals surface area contributed by atoms with Gasteiger partial charge in [0.05, 0.1) is 18.8 Å². The number of amides is 1. The lowest BCUT2D eigenvalue weighted by Gasteiger charge is -2.13. The Balaban J connectivity index is 1.72. The molecule has 0 aromatic heterocycles. The van der Waals surface area contributed by atoms with E-state index >= 15 is 0 Å². The van der Waals surface area contributed by atoms with Crippen LogP contribution >= 0.6 is 11.8 Å². The van der Waals surface area contributed by atoms with Crippen molar-refractivity contribution in [3.05, 3.63) is 83.4 Å². The summed E-state index contributed by atoms with van der Waals surface area (Å²) >= 11 is 1.59. The van der Waals surface area contributed by atoms with Crippen LogP contribution in [-0.2, 0) is 9.53 Å². The predicted octanol–water partition coefficient (Wildman–Crippen LogP) is 5.23. The molecule has 0 bridgehead atoms. The zero-order valence-corrected chi connectivity index (χ0v) is 20.6. The number of thioether (sulfide) groups is 1. The SMILES string of the molecule is CCOc1ccc(C(=O)c2ccccc2C(=O)OCC(=O)Nc2ccc(SC)cc2)cc1OCC. The standard InChI is InChI=1S/C27H27NO6S/c1-4-32-23-15-10-18(16-24(23)33-5-2)26(30)21-8-6-7-9-22(21)27(31)34-17-25(29)28-19-11-13-20(35-3)14-12-19/h6-16H,4-5,17H2,1-3H3,(H,28,29). The number of benzene rings is 3. The zero-order chi connectivity index (χ0) is 25.2. The van der Waals surface area contributed by atoms with Gasteiger partial charge in [0, 0.05) is 21.7 Å². The van der Waals surface area contributed by atoms with Crippen LogP contribution in [-0.4, -0.2) is 43.7 Å². The molecule has 3 aromatic carbocycles. The van der Waals surface area contributed by atoms with Crippen molar-refractivity contribution in [2.75, 3.05) is 31.4 Å². The van der Waals surface area contributed by atoms with Crippen LogP contribution in [0, 0.1) is 0 Å². The highest BCUT2D eigenvalue weighted by molar-refractivity contribution is 7.98. The molecule has 0 atom stereocenters. The van der Waals surface area contributed by atoms with Crippen LogP contribution in [0.15, 0.2) is 71.6 Å². The first-order chi connectivity index (χ1) is 17.0. The van der Waals surface area contributed by atoms with Crippen LogP contribution in [0.3, 0.4) is 0 Å². The molecular weight excluding hydrogens is 466 g/mol. The summed E-state index contributed by atoms with van der Waals surface area (Å²) in [6.07, 6.45) is 1.96. The van der Waals surface area contributed by atoms with Gasteiger partial charge in [-0.25, -0.2) is 4.79 Å². The molecule has 0 unspecified atom stereocenters. The van der Waals surface area contributed by atoms with Crippen LogP contribution in [0.5, 0.6) is 11.5 Å². The van der Waals surface area contributed by atoms with Gasteiger partial charge in [0.15, 0.2) is 23.9 Å². The number of rotatable bonds is 11. The average Bonchev–Trinajstić information content (AvgIpc) is 2.88. The normalized spacial score (nSPS) is 10.4. The number of ether oxygens (including phenoxy) is 3. The van der Waals surface area contributed by atoms with Gasteiger partial charge in [-0.15, -0.1) is 11.8 Å². The Hall–Kier alpha value is -3.78. The van der Waals surface area contributed by atoms with Crippen LogP contribution in [0.2, 0.25) is 0 Å². The first-order valence-corrected chi connectivity index (χ1v) is 12.3. The minimum absolute atomic E-state index is 0.0708. The smallest absolute Gasteiger partial charge is 0.339 e. The number of esters is 1. The fourth-order valence-electron chi connectivity index (χ4n) is 3.29. The van der Waals surface area contributed by atoms with Gasteiger partial charge in [-0.3, -0.25) is 9.59 Å². The van der Waals surface area contributed by atoms with Crippen molar-refractivity contribution in [3.63, 3.8) is 0 Å². The molecule has 7 nitrogen and oxygen atoms in total. The second-order valence-electron chi connectivity index (χ2n) is 7.26. The maximum Gasteiger partial charge on any atom is 0.339 e. The van der Waals surface area contributed by atoms with Crippen molar-refractivity contribution >= 4 is 35.1 Å². The molecule has 182 valence electrons. The van der Waals surface area contributed by atoms with E-state index in [4.69, 9.17) is 14.2 Å². The van der Waals surface area contributed by atoms with Crippen LogP contribution in [0.25, 0.3) is 0 Å². The van der Waals surface area contributed by atoms with Gasteiger partial charge in [-0.1, -0.05) is 18.2 Å².